The fourth-order valence-corrected chi connectivity index (χ4v) is 8.19. The summed E-state index contributed by atoms with van der Waals surface area (Å²) in [6, 6.07) is 64.2. The Balaban J connectivity index is 0.998. The van der Waals surface area contributed by atoms with Gasteiger partial charge < -0.3 is 4.90 Å². The summed E-state index contributed by atoms with van der Waals surface area (Å²) in [5.74, 6) is 0.310. The van der Waals surface area contributed by atoms with Gasteiger partial charge in [-0.3, -0.25) is 0 Å². The average Bonchev–Trinajstić information content (AvgIpc) is 3.44. The van der Waals surface area contributed by atoms with Crippen molar-refractivity contribution in [2.24, 2.45) is 0 Å². The molecule has 0 heterocycles. The van der Waals surface area contributed by atoms with Crippen LogP contribution >= 0.6 is 0 Å². The van der Waals surface area contributed by atoms with Crippen molar-refractivity contribution in [1.82, 2.24) is 0 Å². The van der Waals surface area contributed by atoms with Crippen molar-refractivity contribution < 1.29 is 0 Å². The molecule has 0 aromatic heterocycles. The van der Waals surface area contributed by atoms with Crippen molar-refractivity contribution in [2.75, 3.05) is 4.90 Å². The van der Waals surface area contributed by atoms with Crippen LogP contribution in [0.25, 0.3) is 44.5 Å². The summed E-state index contributed by atoms with van der Waals surface area (Å²) in [5, 5.41) is 0. The van der Waals surface area contributed by atoms with E-state index in [4.69, 9.17) is 0 Å². The second-order valence-corrected chi connectivity index (χ2v) is 14.6. The largest absolute Gasteiger partial charge is 0.311 e. The molecule has 0 aliphatic heterocycles. The Morgan fingerprint density at radius 2 is 0.942 bits per heavy atom. The summed E-state index contributed by atoms with van der Waals surface area (Å²) >= 11 is 0. The number of rotatable bonds is 7. The lowest BCUT2D eigenvalue weighted by Gasteiger charge is -2.29. The van der Waals surface area contributed by atoms with E-state index < -0.39 is 0 Å². The summed E-state index contributed by atoms with van der Waals surface area (Å²) < 4.78 is 0. The van der Waals surface area contributed by atoms with Crippen LogP contribution in [0.4, 0.5) is 11.4 Å². The lowest BCUT2D eigenvalue weighted by atomic mass is 9.82. The number of anilines is 2. The normalized spacial score (nSPS) is 15.4. The van der Waals surface area contributed by atoms with Gasteiger partial charge >= 0.3 is 0 Å². The van der Waals surface area contributed by atoms with Crippen molar-refractivity contribution in [2.45, 2.75) is 31.6 Å². The third kappa shape index (κ3) is 5.79. The molecule has 7 aromatic carbocycles. The quantitative estimate of drug-likeness (QED) is 0.164. The van der Waals surface area contributed by atoms with E-state index >= 15 is 0 Å². The van der Waals surface area contributed by atoms with Gasteiger partial charge in [0, 0.05) is 28.4 Å². The Labute approximate surface area is 307 Å². The number of hydrogen-bond donors (Lipinski definition) is 0. The SMILES string of the molecule is CC1(C)c2ccc(-c3ccccc3)cc2-c2cc(-c3cccc(C4C=CC(N(c5ccccc5)c5ccc(-c6ccccc6)cc5)=CC4)c3)ccc21. The second-order valence-electron chi connectivity index (χ2n) is 14.6. The number of hydrogen-bond acceptors (Lipinski definition) is 1. The molecule has 0 fully saturated rings. The summed E-state index contributed by atoms with van der Waals surface area (Å²) in [5.41, 5.74) is 17.8. The summed E-state index contributed by atoms with van der Waals surface area (Å²) in [6.07, 6.45) is 8.02. The van der Waals surface area contributed by atoms with Crippen LogP contribution in [-0.2, 0) is 5.41 Å². The summed E-state index contributed by atoms with van der Waals surface area (Å²) in [6.45, 7) is 4.71. The minimum atomic E-state index is -0.0330. The first-order valence-corrected chi connectivity index (χ1v) is 18.4. The molecule has 0 bridgehead atoms. The standard InChI is InChI=1S/C51H41N/c1-51(2)49-31-25-42(37-15-8-4-9-16-37)34-47(49)48-35-43(26-32-50(48)51)41-18-12-17-40(33-41)39-23-29-46(30-24-39)52(44-19-10-5-11-20-44)45-27-21-38(22-28-45)36-13-6-3-7-14-36/h3-23,25-35,39H,24H2,1-2H3. The summed E-state index contributed by atoms with van der Waals surface area (Å²) in [7, 11) is 0. The highest BCUT2D eigenvalue weighted by Gasteiger charge is 2.35. The van der Waals surface area contributed by atoms with Crippen molar-refractivity contribution >= 4 is 11.4 Å². The van der Waals surface area contributed by atoms with Crippen LogP contribution in [0.1, 0.15) is 42.9 Å². The highest BCUT2D eigenvalue weighted by atomic mass is 15.1. The van der Waals surface area contributed by atoms with Crippen LogP contribution in [0.2, 0.25) is 0 Å². The Hall–Kier alpha value is -6.18. The Morgan fingerprint density at radius 1 is 0.462 bits per heavy atom. The van der Waals surface area contributed by atoms with Crippen LogP contribution in [-0.4, -0.2) is 0 Å². The number of para-hydroxylation sites is 1. The molecule has 0 amide bonds. The van der Waals surface area contributed by atoms with Gasteiger partial charge in [0.05, 0.1) is 0 Å². The monoisotopic (exact) mass is 667 g/mol. The predicted octanol–water partition coefficient (Wildman–Crippen LogP) is 13.8. The van der Waals surface area contributed by atoms with Crippen LogP contribution < -0.4 is 4.90 Å². The first-order valence-electron chi connectivity index (χ1n) is 18.4. The first kappa shape index (κ1) is 31.8. The molecule has 2 aliphatic carbocycles. The minimum Gasteiger partial charge on any atom is -0.311 e. The van der Waals surface area contributed by atoms with Crippen molar-refractivity contribution in [1.29, 1.82) is 0 Å². The molecule has 1 unspecified atom stereocenters. The number of nitrogens with zero attached hydrogens (tertiary/aromatic N) is 1. The highest BCUT2D eigenvalue weighted by molar-refractivity contribution is 5.87. The third-order valence-electron chi connectivity index (χ3n) is 11.0. The van der Waals surface area contributed by atoms with E-state index in [0.29, 0.717) is 5.92 Å². The smallest absolute Gasteiger partial charge is 0.0461 e. The predicted molar refractivity (Wildman–Crippen MR) is 220 cm³/mol. The van der Waals surface area contributed by atoms with Gasteiger partial charge in [0.1, 0.15) is 0 Å². The molecule has 1 heteroatoms. The van der Waals surface area contributed by atoms with Gasteiger partial charge in [-0.25, -0.2) is 0 Å². The van der Waals surface area contributed by atoms with E-state index in [1.165, 1.54) is 66.9 Å². The van der Waals surface area contributed by atoms with Crippen LogP contribution in [0.3, 0.4) is 0 Å². The average molecular weight is 668 g/mol. The molecule has 0 radical (unpaired) electrons. The van der Waals surface area contributed by atoms with Crippen LogP contribution in [0.5, 0.6) is 0 Å². The molecule has 1 nitrogen and oxygen atoms in total. The van der Waals surface area contributed by atoms with Crippen molar-refractivity contribution in [3.8, 4) is 44.5 Å². The zero-order valence-corrected chi connectivity index (χ0v) is 29.7. The molecule has 2 aliphatic rings. The van der Waals surface area contributed by atoms with Gasteiger partial charge in [0.15, 0.2) is 0 Å². The van der Waals surface area contributed by atoms with E-state index in [0.717, 1.165) is 17.8 Å². The van der Waals surface area contributed by atoms with Crippen molar-refractivity contribution in [3.05, 3.63) is 217 Å². The van der Waals surface area contributed by atoms with E-state index in [2.05, 4.69) is 213 Å². The fraction of sp³-hybridized carbons (Fsp3) is 0.0980. The molecule has 7 aromatic rings. The molecule has 9 rings (SSSR count). The number of fused-ring (bicyclic) bond motifs is 3. The molecule has 0 N–H and O–H groups in total. The molecule has 0 saturated heterocycles. The van der Waals surface area contributed by atoms with Gasteiger partial charge in [-0.2, -0.15) is 0 Å². The first-order chi connectivity index (χ1) is 25.5. The molecule has 52 heavy (non-hydrogen) atoms. The maximum atomic E-state index is 2.42. The van der Waals surface area contributed by atoms with Gasteiger partial charge in [0.2, 0.25) is 0 Å². The van der Waals surface area contributed by atoms with E-state index in [-0.39, 0.29) is 5.41 Å². The number of allylic oxidation sites excluding steroid dienone is 3. The number of benzene rings is 7. The lowest BCUT2D eigenvalue weighted by Crippen LogP contribution is -2.17. The van der Waals surface area contributed by atoms with Crippen molar-refractivity contribution in [3.63, 3.8) is 0 Å². The molecular formula is C51H41N. The van der Waals surface area contributed by atoms with E-state index in [1.807, 2.05) is 0 Å². The van der Waals surface area contributed by atoms with Gasteiger partial charge in [-0.05, 0) is 110 Å². The maximum Gasteiger partial charge on any atom is 0.0461 e. The van der Waals surface area contributed by atoms with Gasteiger partial charge in [0.25, 0.3) is 0 Å². The topological polar surface area (TPSA) is 3.24 Å². The molecular weight excluding hydrogens is 627 g/mol. The van der Waals surface area contributed by atoms with Gasteiger partial charge in [-0.15, -0.1) is 0 Å². The maximum absolute atomic E-state index is 2.42. The molecule has 0 saturated carbocycles. The third-order valence-corrected chi connectivity index (χ3v) is 11.0. The highest BCUT2D eigenvalue weighted by Crippen LogP contribution is 2.50. The van der Waals surface area contributed by atoms with Crippen LogP contribution in [0.15, 0.2) is 200 Å². The molecule has 0 spiro atoms. The second kappa shape index (κ2) is 13.2. The fourth-order valence-electron chi connectivity index (χ4n) is 8.19. The summed E-state index contributed by atoms with van der Waals surface area (Å²) in [4.78, 5) is 2.37. The Bertz CT molecular complexity index is 2430. The lowest BCUT2D eigenvalue weighted by molar-refractivity contribution is 0.660. The Morgan fingerprint density at radius 3 is 1.54 bits per heavy atom. The van der Waals surface area contributed by atoms with E-state index in [1.54, 1.807) is 0 Å². The zero-order valence-electron chi connectivity index (χ0n) is 29.7. The van der Waals surface area contributed by atoms with Gasteiger partial charge in [-0.1, -0.05) is 166 Å². The Kier molecular flexibility index (Phi) is 8.05. The minimum absolute atomic E-state index is 0.0330. The molecule has 250 valence electrons. The zero-order chi connectivity index (χ0) is 35.1. The van der Waals surface area contributed by atoms with Crippen LogP contribution in [0, 0.1) is 0 Å². The van der Waals surface area contributed by atoms with E-state index in [9.17, 15) is 0 Å². The molecule has 1 atom stereocenters.